The SMILES string of the molecule is CCn1c2ccccc2c2cc(NC(=O)CCCN3C(=O)CN(C)C3=O)ccc21. The van der Waals surface area contributed by atoms with Gasteiger partial charge in [-0.15, -0.1) is 0 Å². The predicted molar refractivity (Wildman–Crippen MR) is 113 cm³/mol. The number of para-hydroxylation sites is 1. The summed E-state index contributed by atoms with van der Waals surface area (Å²) in [6.45, 7) is 3.36. The number of aryl methyl sites for hydroxylation is 1. The number of hydrogen-bond donors (Lipinski definition) is 1. The Hall–Kier alpha value is -3.35. The van der Waals surface area contributed by atoms with Gasteiger partial charge in [-0.1, -0.05) is 18.2 Å². The normalized spacial score (nSPS) is 14.4. The number of fused-ring (bicyclic) bond motifs is 3. The highest BCUT2D eigenvalue weighted by Crippen LogP contribution is 2.31. The summed E-state index contributed by atoms with van der Waals surface area (Å²) in [5.41, 5.74) is 3.06. The maximum Gasteiger partial charge on any atom is 0.326 e. The van der Waals surface area contributed by atoms with E-state index in [1.165, 1.54) is 15.3 Å². The molecule has 4 rings (SSSR count). The van der Waals surface area contributed by atoms with Crippen LogP contribution in [0.4, 0.5) is 10.5 Å². The number of aromatic nitrogens is 1. The maximum absolute atomic E-state index is 12.4. The van der Waals surface area contributed by atoms with Crippen LogP contribution in [0.25, 0.3) is 21.8 Å². The van der Waals surface area contributed by atoms with E-state index >= 15 is 0 Å². The summed E-state index contributed by atoms with van der Waals surface area (Å²) in [4.78, 5) is 38.6. The van der Waals surface area contributed by atoms with Crippen molar-refractivity contribution in [3.05, 3.63) is 42.5 Å². The molecule has 4 amide bonds. The Kier molecular flexibility index (Phi) is 4.96. The summed E-state index contributed by atoms with van der Waals surface area (Å²) >= 11 is 0. The Bertz CT molecular complexity index is 1120. The van der Waals surface area contributed by atoms with E-state index in [9.17, 15) is 14.4 Å². The summed E-state index contributed by atoms with van der Waals surface area (Å²) in [6, 6.07) is 13.9. The van der Waals surface area contributed by atoms with Crippen LogP contribution in [0.1, 0.15) is 19.8 Å². The summed E-state index contributed by atoms with van der Waals surface area (Å²) < 4.78 is 2.26. The van der Waals surface area contributed by atoms with Gasteiger partial charge in [-0.3, -0.25) is 14.5 Å². The lowest BCUT2D eigenvalue weighted by Gasteiger charge is -2.13. The zero-order valence-electron chi connectivity index (χ0n) is 16.6. The third kappa shape index (κ3) is 3.44. The van der Waals surface area contributed by atoms with Crippen molar-refractivity contribution in [2.75, 3.05) is 25.5 Å². The monoisotopic (exact) mass is 392 g/mol. The van der Waals surface area contributed by atoms with Crippen molar-refractivity contribution >= 4 is 45.3 Å². The van der Waals surface area contributed by atoms with Crippen LogP contribution >= 0.6 is 0 Å². The molecule has 1 saturated heterocycles. The molecule has 2 heterocycles. The van der Waals surface area contributed by atoms with E-state index in [1.54, 1.807) is 7.05 Å². The van der Waals surface area contributed by atoms with Gasteiger partial charge in [-0.2, -0.15) is 0 Å². The molecule has 1 aliphatic rings. The van der Waals surface area contributed by atoms with Gasteiger partial charge < -0.3 is 14.8 Å². The van der Waals surface area contributed by atoms with Gasteiger partial charge in [0.15, 0.2) is 0 Å². The largest absolute Gasteiger partial charge is 0.341 e. The predicted octanol–water partition coefficient (Wildman–Crippen LogP) is 3.43. The molecule has 7 nitrogen and oxygen atoms in total. The van der Waals surface area contributed by atoms with Gasteiger partial charge in [0.25, 0.3) is 0 Å². The molecule has 0 aliphatic carbocycles. The fourth-order valence-corrected chi connectivity index (χ4v) is 3.98. The molecule has 1 aromatic heterocycles. The molecule has 0 saturated carbocycles. The third-order valence-corrected chi connectivity index (χ3v) is 5.39. The van der Waals surface area contributed by atoms with Gasteiger partial charge in [-0.05, 0) is 37.6 Å². The Labute approximate surface area is 168 Å². The molecule has 1 fully saturated rings. The molecule has 1 aliphatic heterocycles. The molecule has 0 spiro atoms. The van der Waals surface area contributed by atoms with Crippen LogP contribution in [0.15, 0.2) is 42.5 Å². The molecule has 150 valence electrons. The summed E-state index contributed by atoms with van der Waals surface area (Å²) in [6.07, 6.45) is 0.685. The van der Waals surface area contributed by atoms with Crippen LogP contribution in [0, 0.1) is 0 Å². The van der Waals surface area contributed by atoms with Gasteiger partial charge in [0.1, 0.15) is 6.54 Å². The second-order valence-electron chi connectivity index (χ2n) is 7.33. The van der Waals surface area contributed by atoms with Gasteiger partial charge in [-0.25, -0.2) is 4.79 Å². The number of rotatable bonds is 6. The van der Waals surface area contributed by atoms with E-state index in [-0.39, 0.29) is 37.4 Å². The van der Waals surface area contributed by atoms with Crippen molar-refractivity contribution < 1.29 is 14.4 Å². The van der Waals surface area contributed by atoms with E-state index in [2.05, 4.69) is 28.9 Å². The van der Waals surface area contributed by atoms with Crippen molar-refractivity contribution in [2.24, 2.45) is 0 Å². The number of imide groups is 1. The molecule has 0 bridgehead atoms. The average Bonchev–Trinajstić information content (AvgIpc) is 3.15. The summed E-state index contributed by atoms with van der Waals surface area (Å²) in [5, 5.41) is 5.21. The lowest BCUT2D eigenvalue weighted by Crippen LogP contribution is -2.32. The lowest BCUT2D eigenvalue weighted by atomic mass is 10.1. The second-order valence-corrected chi connectivity index (χ2v) is 7.33. The minimum atomic E-state index is -0.298. The lowest BCUT2D eigenvalue weighted by molar-refractivity contribution is -0.125. The number of carbonyl (C=O) groups is 3. The van der Waals surface area contributed by atoms with E-state index < -0.39 is 0 Å². The van der Waals surface area contributed by atoms with Gasteiger partial charge in [0, 0.05) is 54.1 Å². The van der Waals surface area contributed by atoms with Crippen LogP contribution < -0.4 is 5.32 Å². The van der Waals surface area contributed by atoms with Crippen LogP contribution in [-0.4, -0.2) is 52.3 Å². The first-order valence-electron chi connectivity index (χ1n) is 9.86. The zero-order valence-corrected chi connectivity index (χ0v) is 16.6. The molecule has 0 unspecified atom stereocenters. The van der Waals surface area contributed by atoms with E-state index in [4.69, 9.17) is 0 Å². The number of carbonyl (C=O) groups excluding carboxylic acids is 3. The van der Waals surface area contributed by atoms with Crippen LogP contribution in [0.3, 0.4) is 0 Å². The fraction of sp³-hybridized carbons (Fsp3) is 0.318. The maximum atomic E-state index is 12.4. The first-order chi connectivity index (χ1) is 14.0. The first kappa shape index (κ1) is 19.0. The quantitative estimate of drug-likeness (QED) is 0.653. The van der Waals surface area contributed by atoms with Gasteiger partial charge in [0.05, 0.1) is 0 Å². The minimum absolute atomic E-state index is 0.108. The number of likely N-dealkylation sites (N-methyl/N-ethyl adjacent to an activating group) is 1. The molecule has 29 heavy (non-hydrogen) atoms. The van der Waals surface area contributed by atoms with E-state index in [0.717, 1.165) is 28.5 Å². The van der Waals surface area contributed by atoms with Crippen molar-refractivity contribution in [3.63, 3.8) is 0 Å². The van der Waals surface area contributed by atoms with Crippen LogP contribution in [0.2, 0.25) is 0 Å². The van der Waals surface area contributed by atoms with E-state index in [1.807, 2.05) is 30.3 Å². The van der Waals surface area contributed by atoms with Crippen molar-refractivity contribution in [1.29, 1.82) is 0 Å². The molecular weight excluding hydrogens is 368 g/mol. The van der Waals surface area contributed by atoms with Gasteiger partial charge in [0.2, 0.25) is 11.8 Å². The standard InChI is InChI=1S/C22H24N4O3/c1-3-25-18-8-5-4-7-16(18)17-13-15(10-11-19(17)25)23-20(27)9-6-12-26-21(28)14-24(2)22(26)29/h4-5,7-8,10-11,13H,3,6,9,12,14H2,1-2H3,(H,23,27). The Morgan fingerprint density at radius 1 is 1.07 bits per heavy atom. The number of urea groups is 1. The number of amides is 4. The molecular formula is C22H24N4O3. The van der Waals surface area contributed by atoms with Crippen LogP contribution in [0.5, 0.6) is 0 Å². The van der Waals surface area contributed by atoms with Crippen molar-refractivity contribution in [1.82, 2.24) is 14.4 Å². The molecule has 3 aromatic rings. The van der Waals surface area contributed by atoms with Crippen molar-refractivity contribution in [3.8, 4) is 0 Å². The Morgan fingerprint density at radius 3 is 2.55 bits per heavy atom. The molecule has 7 heteroatoms. The first-order valence-corrected chi connectivity index (χ1v) is 9.86. The number of benzene rings is 2. The Balaban J connectivity index is 1.44. The number of nitrogens with zero attached hydrogens (tertiary/aromatic N) is 3. The van der Waals surface area contributed by atoms with E-state index in [0.29, 0.717) is 6.42 Å². The highest BCUT2D eigenvalue weighted by atomic mass is 16.2. The summed E-state index contributed by atoms with van der Waals surface area (Å²) in [5.74, 6) is -0.341. The number of anilines is 1. The highest BCUT2D eigenvalue weighted by Gasteiger charge is 2.32. The van der Waals surface area contributed by atoms with Crippen LogP contribution in [-0.2, 0) is 16.1 Å². The molecule has 0 radical (unpaired) electrons. The third-order valence-electron chi connectivity index (χ3n) is 5.39. The molecule has 0 atom stereocenters. The topological polar surface area (TPSA) is 74.7 Å². The second kappa shape index (κ2) is 7.58. The smallest absolute Gasteiger partial charge is 0.326 e. The number of hydrogen-bond acceptors (Lipinski definition) is 3. The highest BCUT2D eigenvalue weighted by molar-refractivity contribution is 6.09. The zero-order chi connectivity index (χ0) is 20.5. The average molecular weight is 392 g/mol. The molecule has 1 N–H and O–H groups in total. The number of nitrogens with one attached hydrogen (secondary N) is 1. The van der Waals surface area contributed by atoms with Crippen molar-refractivity contribution in [2.45, 2.75) is 26.3 Å². The molecule has 2 aromatic carbocycles. The Morgan fingerprint density at radius 2 is 1.83 bits per heavy atom. The minimum Gasteiger partial charge on any atom is -0.341 e. The summed E-state index contributed by atoms with van der Waals surface area (Å²) in [7, 11) is 1.60. The fourth-order valence-electron chi connectivity index (χ4n) is 3.98. The van der Waals surface area contributed by atoms with Gasteiger partial charge >= 0.3 is 6.03 Å².